The fraction of sp³-hybridized carbons (Fsp3) is 0.538. The molecule has 0 N–H and O–H groups in total. The lowest BCUT2D eigenvalue weighted by molar-refractivity contribution is 0.642. The Morgan fingerprint density at radius 3 is 3.11 bits per heavy atom. The van der Waals surface area contributed by atoms with Crippen LogP contribution in [0.4, 0.5) is 5.82 Å². The highest BCUT2D eigenvalue weighted by molar-refractivity contribution is 7.18. The number of nitrogens with zero attached hydrogens (tertiary/aromatic N) is 3. The molecule has 0 aliphatic carbocycles. The highest BCUT2D eigenvalue weighted by atomic mass is 35.5. The Morgan fingerprint density at radius 1 is 1.50 bits per heavy atom. The zero-order chi connectivity index (χ0) is 12.7. The Hall–Kier alpha value is -0.870. The van der Waals surface area contributed by atoms with Gasteiger partial charge in [-0.1, -0.05) is 6.92 Å². The smallest absolute Gasteiger partial charge is 0.225 e. The molecule has 0 bridgehead atoms. The number of aromatic nitrogens is 2. The summed E-state index contributed by atoms with van der Waals surface area (Å²) >= 11 is 7.75. The van der Waals surface area contributed by atoms with Gasteiger partial charge in [0.25, 0.3) is 0 Å². The van der Waals surface area contributed by atoms with Gasteiger partial charge >= 0.3 is 0 Å². The van der Waals surface area contributed by atoms with E-state index in [0.29, 0.717) is 11.3 Å². The summed E-state index contributed by atoms with van der Waals surface area (Å²) < 4.78 is 0. The summed E-state index contributed by atoms with van der Waals surface area (Å²) in [6.07, 6.45) is 3.65. The second-order valence-electron chi connectivity index (χ2n) is 4.79. The monoisotopic (exact) mass is 281 g/mol. The molecular weight excluding hydrogens is 266 g/mol. The molecule has 18 heavy (non-hydrogen) atoms. The van der Waals surface area contributed by atoms with Crippen molar-refractivity contribution in [3.8, 4) is 0 Å². The molecule has 96 valence electrons. The van der Waals surface area contributed by atoms with Gasteiger partial charge in [0.15, 0.2) is 0 Å². The van der Waals surface area contributed by atoms with Crippen molar-refractivity contribution in [3.63, 3.8) is 0 Å². The number of anilines is 1. The van der Waals surface area contributed by atoms with E-state index in [-0.39, 0.29) is 0 Å². The van der Waals surface area contributed by atoms with E-state index < -0.39 is 0 Å². The lowest BCUT2D eigenvalue weighted by Crippen LogP contribution is -2.29. The van der Waals surface area contributed by atoms with E-state index >= 15 is 0 Å². The van der Waals surface area contributed by atoms with Crippen LogP contribution in [0, 0.1) is 6.92 Å². The number of hydrogen-bond acceptors (Lipinski definition) is 4. The van der Waals surface area contributed by atoms with Gasteiger partial charge in [0.2, 0.25) is 5.28 Å². The number of aryl methyl sites for hydroxylation is 1. The summed E-state index contributed by atoms with van der Waals surface area (Å²) in [5.74, 6) is 1.03. The van der Waals surface area contributed by atoms with Crippen molar-refractivity contribution in [1.82, 2.24) is 9.97 Å². The first-order valence-corrected chi connectivity index (χ1v) is 7.59. The molecule has 5 heteroatoms. The third kappa shape index (κ3) is 1.97. The number of hydrogen-bond donors (Lipinski definition) is 0. The first-order chi connectivity index (χ1) is 8.69. The molecule has 1 saturated heterocycles. The summed E-state index contributed by atoms with van der Waals surface area (Å²) in [4.78, 5) is 13.5. The molecule has 0 saturated carbocycles. The summed E-state index contributed by atoms with van der Waals surface area (Å²) in [6.45, 7) is 5.42. The minimum atomic E-state index is 0.362. The number of fused-ring (bicyclic) bond motifs is 1. The molecule has 1 aliphatic heterocycles. The standard InChI is InChI=1S/C13H16ClN3S/c1-3-9-5-4-6-17(9)11-10-7-8(2)18-12(10)16-13(14)15-11/h7,9H,3-6H2,1-2H3. The van der Waals surface area contributed by atoms with Crippen LogP contribution in [0.3, 0.4) is 0 Å². The molecule has 1 aliphatic rings. The van der Waals surface area contributed by atoms with Crippen LogP contribution in [0.25, 0.3) is 10.2 Å². The SMILES string of the molecule is CCC1CCCN1c1nc(Cl)nc2sc(C)cc12. The highest BCUT2D eigenvalue weighted by Gasteiger charge is 2.26. The Kier molecular flexibility index (Phi) is 3.16. The van der Waals surface area contributed by atoms with E-state index in [1.165, 1.54) is 17.7 Å². The molecule has 1 fully saturated rings. The maximum absolute atomic E-state index is 6.06. The van der Waals surface area contributed by atoms with E-state index in [0.717, 1.165) is 29.0 Å². The van der Waals surface area contributed by atoms with E-state index in [2.05, 4.69) is 34.8 Å². The van der Waals surface area contributed by atoms with Crippen LogP contribution >= 0.6 is 22.9 Å². The van der Waals surface area contributed by atoms with Gasteiger partial charge in [0.1, 0.15) is 10.6 Å². The summed E-state index contributed by atoms with van der Waals surface area (Å²) in [5, 5.41) is 1.52. The molecule has 2 aromatic rings. The second kappa shape index (κ2) is 4.67. The highest BCUT2D eigenvalue weighted by Crippen LogP contribution is 2.35. The summed E-state index contributed by atoms with van der Waals surface area (Å²) in [7, 11) is 0. The van der Waals surface area contributed by atoms with Crippen LogP contribution in [0.15, 0.2) is 6.07 Å². The third-order valence-electron chi connectivity index (χ3n) is 3.59. The first-order valence-electron chi connectivity index (χ1n) is 6.39. The Bertz CT molecular complexity index is 581. The Labute approximate surface area is 116 Å². The zero-order valence-electron chi connectivity index (χ0n) is 10.6. The quantitative estimate of drug-likeness (QED) is 0.778. The number of thiophene rings is 1. The molecule has 2 aromatic heterocycles. The average molecular weight is 282 g/mol. The van der Waals surface area contributed by atoms with E-state index in [1.54, 1.807) is 11.3 Å². The summed E-state index contributed by atoms with van der Waals surface area (Å²) in [6, 6.07) is 2.77. The first kappa shape index (κ1) is 12.2. The van der Waals surface area contributed by atoms with Crippen LogP contribution in [0.1, 0.15) is 31.1 Å². The van der Waals surface area contributed by atoms with Crippen LogP contribution < -0.4 is 4.90 Å². The van der Waals surface area contributed by atoms with Crippen molar-refractivity contribution >= 4 is 39.0 Å². The van der Waals surface area contributed by atoms with Crippen molar-refractivity contribution < 1.29 is 0 Å². The fourth-order valence-electron chi connectivity index (χ4n) is 2.76. The van der Waals surface area contributed by atoms with Crippen LogP contribution in [-0.2, 0) is 0 Å². The molecule has 1 atom stereocenters. The molecule has 0 spiro atoms. The summed E-state index contributed by atoms with van der Waals surface area (Å²) in [5.41, 5.74) is 0. The lowest BCUT2D eigenvalue weighted by atomic mass is 10.1. The van der Waals surface area contributed by atoms with Crippen LogP contribution in [0.2, 0.25) is 5.28 Å². The van der Waals surface area contributed by atoms with Crippen molar-refractivity contribution in [3.05, 3.63) is 16.2 Å². The molecule has 3 heterocycles. The van der Waals surface area contributed by atoms with Gasteiger partial charge in [-0.3, -0.25) is 0 Å². The Balaban J connectivity index is 2.15. The molecule has 3 rings (SSSR count). The van der Waals surface area contributed by atoms with E-state index in [9.17, 15) is 0 Å². The van der Waals surface area contributed by atoms with E-state index in [1.807, 2.05) is 0 Å². The van der Waals surface area contributed by atoms with Gasteiger partial charge in [-0.05, 0) is 43.9 Å². The van der Waals surface area contributed by atoms with Gasteiger partial charge in [-0.25, -0.2) is 4.98 Å². The minimum absolute atomic E-state index is 0.362. The molecule has 0 radical (unpaired) electrons. The van der Waals surface area contributed by atoms with Gasteiger partial charge in [-0.2, -0.15) is 4.98 Å². The lowest BCUT2D eigenvalue weighted by Gasteiger charge is -2.25. The van der Waals surface area contributed by atoms with Crippen molar-refractivity contribution in [1.29, 1.82) is 0 Å². The van der Waals surface area contributed by atoms with Crippen LogP contribution in [0.5, 0.6) is 0 Å². The van der Waals surface area contributed by atoms with Crippen molar-refractivity contribution in [2.24, 2.45) is 0 Å². The maximum atomic E-state index is 6.06. The normalized spacial score (nSPS) is 19.9. The third-order valence-corrected chi connectivity index (χ3v) is 4.70. The topological polar surface area (TPSA) is 29.0 Å². The van der Waals surface area contributed by atoms with Crippen molar-refractivity contribution in [2.75, 3.05) is 11.4 Å². The number of halogens is 1. The number of rotatable bonds is 2. The predicted octanol–water partition coefficient (Wildman–Crippen LogP) is 4.03. The largest absolute Gasteiger partial charge is 0.353 e. The molecule has 1 unspecified atom stereocenters. The van der Waals surface area contributed by atoms with Crippen LogP contribution in [-0.4, -0.2) is 22.6 Å². The molecule has 0 amide bonds. The second-order valence-corrected chi connectivity index (χ2v) is 6.36. The Morgan fingerprint density at radius 2 is 2.33 bits per heavy atom. The zero-order valence-corrected chi connectivity index (χ0v) is 12.2. The van der Waals surface area contributed by atoms with Gasteiger partial charge in [0.05, 0.1) is 5.39 Å². The van der Waals surface area contributed by atoms with Gasteiger partial charge in [0, 0.05) is 17.5 Å². The predicted molar refractivity (Wildman–Crippen MR) is 77.8 cm³/mol. The average Bonchev–Trinajstić information content (AvgIpc) is 2.92. The maximum Gasteiger partial charge on any atom is 0.225 e. The molecule has 0 aromatic carbocycles. The van der Waals surface area contributed by atoms with Gasteiger partial charge in [-0.15, -0.1) is 11.3 Å². The minimum Gasteiger partial charge on any atom is -0.353 e. The molecule has 3 nitrogen and oxygen atoms in total. The van der Waals surface area contributed by atoms with E-state index in [4.69, 9.17) is 11.6 Å². The molecular formula is C13H16ClN3S. The fourth-order valence-corrected chi connectivity index (χ4v) is 3.85. The van der Waals surface area contributed by atoms with Gasteiger partial charge < -0.3 is 4.90 Å². The van der Waals surface area contributed by atoms with Crippen molar-refractivity contribution in [2.45, 2.75) is 39.2 Å².